The van der Waals surface area contributed by atoms with Crippen molar-refractivity contribution in [2.75, 3.05) is 25.2 Å². The van der Waals surface area contributed by atoms with Gasteiger partial charge in [-0.1, -0.05) is 18.5 Å². The number of benzene rings is 1. The van der Waals surface area contributed by atoms with Crippen LogP contribution < -0.4 is 5.32 Å². The number of halogens is 1. The summed E-state index contributed by atoms with van der Waals surface area (Å²) >= 11 is 8.01. The van der Waals surface area contributed by atoms with Crippen LogP contribution in [-0.2, 0) is 0 Å². The van der Waals surface area contributed by atoms with Crippen molar-refractivity contribution in [1.29, 1.82) is 0 Å². The maximum atomic E-state index is 12.2. The number of nitrogens with zero attached hydrogens (tertiary/aromatic N) is 1. The molecule has 1 saturated heterocycles. The Morgan fingerprint density at radius 1 is 1.47 bits per heavy atom. The van der Waals surface area contributed by atoms with Gasteiger partial charge in [0.1, 0.15) is 0 Å². The number of thioether (sulfide) groups is 1. The molecule has 3 nitrogen and oxygen atoms in total. The first kappa shape index (κ1) is 14.5. The highest BCUT2D eigenvalue weighted by atomic mass is 35.5. The smallest absolute Gasteiger partial charge is 0.255 e. The monoisotopic (exact) mass is 298 g/mol. The molecule has 0 spiro atoms. The molecule has 1 N–H and O–H groups in total. The van der Waals surface area contributed by atoms with Gasteiger partial charge in [0.25, 0.3) is 5.91 Å². The Morgan fingerprint density at radius 3 is 2.79 bits per heavy atom. The van der Waals surface area contributed by atoms with E-state index in [2.05, 4.69) is 12.2 Å². The summed E-state index contributed by atoms with van der Waals surface area (Å²) in [5.41, 5.74) is 1.52. The van der Waals surface area contributed by atoms with Crippen molar-refractivity contribution in [1.82, 2.24) is 4.90 Å². The lowest BCUT2D eigenvalue weighted by Crippen LogP contribution is -2.28. The molecule has 0 aromatic heterocycles. The summed E-state index contributed by atoms with van der Waals surface area (Å²) in [5, 5.41) is 4.69. The Bertz CT molecular complexity index is 479. The van der Waals surface area contributed by atoms with Crippen molar-refractivity contribution >= 4 is 35.0 Å². The fraction of sp³-hybridized carbons (Fsp3) is 0.500. The van der Waals surface area contributed by atoms with Crippen LogP contribution in [0.25, 0.3) is 0 Å². The second kappa shape index (κ2) is 6.06. The third-order valence-corrected chi connectivity index (χ3v) is 4.90. The quantitative estimate of drug-likeness (QED) is 0.929. The first-order valence-corrected chi connectivity index (χ1v) is 7.81. The topological polar surface area (TPSA) is 32.3 Å². The summed E-state index contributed by atoms with van der Waals surface area (Å²) < 4.78 is 0. The number of hydrogen-bond donors (Lipinski definition) is 1. The first-order valence-electron chi connectivity index (χ1n) is 6.38. The molecule has 1 aliphatic rings. The Labute approximate surface area is 123 Å². The summed E-state index contributed by atoms with van der Waals surface area (Å²) in [4.78, 5) is 13.8. The van der Waals surface area contributed by atoms with Crippen LogP contribution in [0.1, 0.15) is 23.7 Å². The zero-order chi connectivity index (χ0) is 14.0. The first-order chi connectivity index (χ1) is 8.99. The van der Waals surface area contributed by atoms with E-state index in [9.17, 15) is 4.79 Å². The normalized spacial score (nSPS) is 22.3. The maximum absolute atomic E-state index is 12.2. The van der Waals surface area contributed by atoms with Crippen LogP contribution >= 0.6 is 23.4 Å². The summed E-state index contributed by atoms with van der Waals surface area (Å²) in [6, 6.07) is 5.79. The molecule has 1 aliphatic heterocycles. The highest BCUT2D eigenvalue weighted by molar-refractivity contribution is 8.00. The summed E-state index contributed by atoms with van der Waals surface area (Å²) in [7, 11) is 3.52. The van der Waals surface area contributed by atoms with Gasteiger partial charge in [-0.2, -0.15) is 11.8 Å². The molecular formula is C14H19ClN2OS. The largest absolute Gasteiger partial charge is 0.380 e. The molecule has 19 heavy (non-hydrogen) atoms. The van der Waals surface area contributed by atoms with Crippen LogP contribution in [0.5, 0.6) is 0 Å². The molecule has 104 valence electrons. The van der Waals surface area contributed by atoms with E-state index < -0.39 is 0 Å². The molecule has 0 saturated carbocycles. The molecule has 0 aliphatic carbocycles. The molecule has 1 heterocycles. The fourth-order valence-corrected chi connectivity index (χ4v) is 3.55. The number of hydrogen-bond acceptors (Lipinski definition) is 3. The van der Waals surface area contributed by atoms with E-state index >= 15 is 0 Å². The van der Waals surface area contributed by atoms with Crippen LogP contribution in [0.4, 0.5) is 5.69 Å². The molecular weight excluding hydrogens is 280 g/mol. The Morgan fingerprint density at radius 2 is 2.21 bits per heavy atom. The van der Waals surface area contributed by atoms with Gasteiger partial charge in [-0.25, -0.2) is 0 Å². The molecule has 5 heteroatoms. The van der Waals surface area contributed by atoms with Gasteiger partial charge >= 0.3 is 0 Å². The minimum Gasteiger partial charge on any atom is -0.380 e. The third kappa shape index (κ3) is 3.37. The molecule has 1 aromatic carbocycles. The molecule has 1 amide bonds. The van der Waals surface area contributed by atoms with Gasteiger partial charge in [0.05, 0.1) is 5.56 Å². The van der Waals surface area contributed by atoms with Gasteiger partial charge in [-0.05, 0) is 30.4 Å². The predicted molar refractivity (Wildman–Crippen MR) is 83.4 cm³/mol. The number of rotatable bonds is 3. The fourth-order valence-electron chi connectivity index (χ4n) is 2.18. The summed E-state index contributed by atoms with van der Waals surface area (Å²) in [5.74, 6) is 1.16. The zero-order valence-electron chi connectivity index (χ0n) is 11.4. The van der Waals surface area contributed by atoms with Crippen LogP contribution in [0.15, 0.2) is 18.2 Å². The van der Waals surface area contributed by atoms with Crippen molar-refractivity contribution < 1.29 is 4.79 Å². The number of amides is 1. The third-order valence-electron chi connectivity index (χ3n) is 3.34. The molecule has 2 atom stereocenters. The predicted octanol–water partition coefficient (Wildman–Crippen LogP) is 3.35. The van der Waals surface area contributed by atoms with Crippen molar-refractivity contribution in [3.8, 4) is 0 Å². The number of nitrogens with one attached hydrogen (secondary N) is 1. The van der Waals surface area contributed by atoms with Crippen molar-refractivity contribution in [3.63, 3.8) is 0 Å². The van der Waals surface area contributed by atoms with Gasteiger partial charge in [0.2, 0.25) is 0 Å². The van der Waals surface area contributed by atoms with Gasteiger partial charge in [0, 0.05) is 36.1 Å². The summed E-state index contributed by atoms with van der Waals surface area (Å²) in [6.07, 6.45) is 1.12. The Balaban J connectivity index is 2.27. The maximum Gasteiger partial charge on any atom is 0.255 e. The molecule has 1 fully saturated rings. The minimum atomic E-state index is -0.00234. The highest BCUT2D eigenvalue weighted by Gasteiger charge is 2.25. The Kier molecular flexibility index (Phi) is 4.63. The van der Waals surface area contributed by atoms with Crippen LogP contribution in [0.2, 0.25) is 5.02 Å². The lowest BCUT2D eigenvalue weighted by molar-refractivity contribution is 0.0828. The van der Waals surface area contributed by atoms with Gasteiger partial charge < -0.3 is 10.2 Å². The van der Waals surface area contributed by atoms with Crippen LogP contribution in [0.3, 0.4) is 0 Å². The van der Waals surface area contributed by atoms with E-state index in [1.807, 2.05) is 17.8 Å². The van der Waals surface area contributed by atoms with Crippen molar-refractivity contribution in [2.45, 2.75) is 24.6 Å². The van der Waals surface area contributed by atoms with E-state index in [0.717, 1.165) is 17.9 Å². The number of anilines is 1. The summed E-state index contributed by atoms with van der Waals surface area (Å²) in [6.45, 7) is 2.22. The van der Waals surface area contributed by atoms with Gasteiger partial charge in [0.15, 0.2) is 0 Å². The van der Waals surface area contributed by atoms with E-state index in [0.29, 0.717) is 21.9 Å². The average molecular weight is 299 g/mol. The van der Waals surface area contributed by atoms with Crippen molar-refractivity contribution in [3.05, 3.63) is 28.8 Å². The standard InChI is InChI=1S/C14H19ClN2OS/c1-9-12(6-7-19-9)16-13-8-10(15)4-5-11(13)14(18)17(2)3/h4-5,8-9,12,16H,6-7H2,1-3H3. The van der Waals surface area contributed by atoms with E-state index in [4.69, 9.17) is 11.6 Å². The van der Waals surface area contributed by atoms with Crippen molar-refractivity contribution in [2.24, 2.45) is 0 Å². The van der Waals surface area contributed by atoms with Crippen LogP contribution in [-0.4, -0.2) is 41.9 Å². The van der Waals surface area contributed by atoms with E-state index in [1.165, 1.54) is 0 Å². The lowest BCUT2D eigenvalue weighted by atomic mass is 10.1. The second-order valence-electron chi connectivity index (χ2n) is 5.00. The Hall–Kier alpha value is -0.870. The van der Waals surface area contributed by atoms with E-state index in [1.54, 1.807) is 31.1 Å². The SMILES string of the molecule is CC1SCCC1Nc1cc(Cl)ccc1C(=O)N(C)C. The zero-order valence-corrected chi connectivity index (χ0v) is 13.0. The molecule has 0 radical (unpaired) electrons. The van der Waals surface area contributed by atoms with Gasteiger partial charge in [-0.15, -0.1) is 0 Å². The molecule has 0 bridgehead atoms. The number of carbonyl (C=O) groups excluding carboxylic acids is 1. The second-order valence-corrected chi connectivity index (χ2v) is 6.93. The lowest BCUT2D eigenvalue weighted by Gasteiger charge is -2.21. The minimum absolute atomic E-state index is 0.00234. The molecule has 1 aromatic rings. The number of carbonyl (C=O) groups is 1. The average Bonchev–Trinajstić information content (AvgIpc) is 2.74. The highest BCUT2D eigenvalue weighted by Crippen LogP contribution is 2.31. The van der Waals surface area contributed by atoms with Crippen LogP contribution in [0, 0.1) is 0 Å². The molecule has 2 rings (SSSR count). The van der Waals surface area contributed by atoms with E-state index in [-0.39, 0.29) is 5.91 Å². The van der Waals surface area contributed by atoms with Gasteiger partial charge in [-0.3, -0.25) is 4.79 Å². The molecule has 2 unspecified atom stereocenters.